The molecule has 2 aliphatic rings. The third-order valence-electron chi connectivity index (χ3n) is 9.22. The maximum absolute atomic E-state index is 12.1. The van der Waals surface area contributed by atoms with Gasteiger partial charge in [0.15, 0.2) is 23.6 Å². The number of aromatic hydroxyl groups is 3. The monoisotopic (exact) mass is 718 g/mol. The van der Waals surface area contributed by atoms with Crippen LogP contribution in [0.4, 0.5) is 0 Å². The minimum absolute atomic E-state index is 0.0276. The fourth-order valence-corrected chi connectivity index (χ4v) is 6.45. The molecule has 16 nitrogen and oxygen atoms in total. The number of guanidine groups is 1. The summed E-state index contributed by atoms with van der Waals surface area (Å²) in [5, 5.41) is 87.4. The highest BCUT2D eigenvalue weighted by atomic mass is 16.7. The largest absolute Gasteiger partial charge is 0.508 e. The molecule has 6 rings (SSSR count). The highest BCUT2D eigenvalue weighted by Crippen LogP contribution is 2.55. The van der Waals surface area contributed by atoms with Crippen molar-refractivity contribution in [2.24, 2.45) is 16.5 Å². The summed E-state index contributed by atoms with van der Waals surface area (Å²) in [7, 11) is 0. The van der Waals surface area contributed by atoms with Crippen LogP contribution < -0.4 is 20.9 Å². The third kappa shape index (κ3) is 6.39. The van der Waals surface area contributed by atoms with E-state index in [1.807, 2.05) is 49.5 Å². The Morgan fingerprint density at radius 3 is 2.31 bits per heavy atom. The van der Waals surface area contributed by atoms with Gasteiger partial charge in [0.25, 0.3) is 0 Å². The number of nitrogens with one attached hydrogen (secondary N) is 1. The number of benzene rings is 3. The van der Waals surface area contributed by atoms with Crippen LogP contribution in [-0.4, -0.2) is 94.5 Å². The number of aliphatic carboxylic acids is 1. The molecule has 4 aromatic rings. The molecule has 1 aromatic heterocycles. The van der Waals surface area contributed by atoms with Crippen LogP contribution in [0.5, 0.6) is 28.7 Å². The average Bonchev–Trinajstić information content (AvgIpc) is 3.60. The lowest BCUT2D eigenvalue weighted by molar-refractivity contribution is -0.303. The molecule has 7 atom stereocenters. The maximum atomic E-state index is 12.1. The Balaban J connectivity index is 1.49. The molecule has 1 fully saturated rings. The summed E-state index contributed by atoms with van der Waals surface area (Å²) in [5.41, 5.74) is 10.8. The van der Waals surface area contributed by atoms with Crippen LogP contribution in [0.25, 0.3) is 5.76 Å². The van der Waals surface area contributed by atoms with Gasteiger partial charge in [-0.1, -0.05) is 49.4 Å². The maximum Gasteiger partial charge on any atom is 0.335 e. The van der Waals surface area contributed by atoms with E-state index in [4.69, 9.17) is 25.7 Å². The van der Waals surface area contributed by atoms with Crippen molar-refractivity contribution in [3.8, 4) is 28.7 Å². The van der Waals surface area contributed by atoms with Crippen molar-refractivity contribution >= 4 is 17.7 Å². The second-order valence-electron chi connectivity index (χ2n) is 12.5. The Morgan fingerprint density at radius 1 is 1.00 bits per heavy atom. The van der Waals surface area contributed by atoms with Crippen LogP contribution in [0.2, 0.25) is 0 Å². The number of hydrogen-bond acceptors (Lipinski definition) is 12. The van der Waals surface area contributed by atoms with Gasteiger partial charge in [0.1, 0.15) is 46.7 Å². The number of aromatic nitrogens is 1. The SMILES string of the molecule is CCc1c[nH]c(C(C2=C(O)c3c(cc(OC4OC(C(=O)O)C(O)C(O)(CN=C(N)N)C4O)c(O)c3O)OC2c2ccc(O)cc2)c2ccccc2)c1. The highest BCUT2D eigenvalue weighted by molar-refractivity contribution is 5.81. The molecule has 0 saturated carbocycles. The highest BCUT2D eigenvalue weighted by Gasteiger charge is 2.58. The van der Waals surface area contributed by atoms with Crippen LogP contribution >= 0.6 is 0 Å². The predicted molar refractivity (Wildman–Crippen MR) is 184 cm³/mol. The summed E-state index contributed by atoms with van der Waals surface area (Å²) in [6, 6.07) is 18.3. The van der Waals surface area contributed by atoms with E-state index in [1.54, 1.807) is 12.1 Å². The van der Waals surface area contributed by atoms with Gasteiger partial charge in [-0.3, -0.25) is 4.99 Å². The number of aryl methyl sites for hydroxylation is 1. The van der Waals surface area contributed by atoms with Gasteiger partial charge in [-0.2, -0.15) is 0 Å². The molecule has 0 spiro atoms. The Morgan fingerprint density at radius 2 is 1.69 bits per heavy atom. The lowest BCUT2D eigenvalue weighted by Crippen LogP contribution is -2.70. The minimum atomic E-state index is -2.72. The first-order valence-electron chi connectivity index (χ1n) is 16.1. The van der Waals surface area contributed by atoms with Crippen molar-refractivity contribution in [1.29, 1.82) is 0 Å². The third-order valence-corrected chi connectivity index (χ3v) is 9.22. The van der Waals surface area contributed by atoms with Crippen molar-refractivity contribution in [3.05, 3.63) is 106 Å². The number of H-pyrrole nitrogens is 1. The van der Waals surface area contributed by atoms with Crippen molar-refractivity contribution in [1.82, 2.24) is 4.98 Å². The molecule has 0 bridgehead atoms. The zero-order chi connectivity index (χ0) is 37.5. The summed E-state index contributed by atoms with van der Waals surface area (Å²) in [5.74, 6) is -6.15. The van der Waals surface area contributed by atoms with Gasteiger partial charge in [-0.15, -0.1) is 0 Å². The number of nitrogens with zero attached hydrogens (tertiary/aromatic N) is 1. The number of aliphatic imine (C=N–C) groups is 1. The molecule has 3 aromatic carbocycles. The Kier molecular flexibility index (Phi) is 9.65. The second-order valence-corrected chi connectivity index (χ2v) is 12.5. The Hall–Kier alpha value is -5.94. The van der Waals surface area contributed by atoms with Crippen LogP contribution in [0, 0.1) is 0 Å². The van der Waals surface area contributed by atoms with Crippen LogP contribution in [0.1, 0.15) is 46.9 Å². The molecule has 3 heterocycles. The van der Waals surface area contributed by atoms with Gasteiger partial charge in [-0.25, -0.2) is 4.79 Å². The van der Waals surface area contributed by atoms with Crippen molar-refractivity contribution in [2.45, 2.75) is 55.6 Å². The van der Waals surface area contributed by atoms with E-state index in [9.17, 15) is 45.6 Å². The number of aliphatic hydroxyl groups excluding tert-OH is 3. The normalized spacial score (nSPS) is 24.7. The molecule has 13 N–H and O–H groups in total. The van der Waals surface area contributed by atoms with Gasteiger partial charge in [0.2, 0.25) is 12.0 Å². The number of carboxylic acids is 1. The number of nitrogens with two attached hydrogens (primary N) is 2. The fourth-order valence-electron chi connectivity index (χ4n) is 6.45. The summed E-state index contributed by atoms with van der Waals surface area (Å²) in [4.78, 5) is 18.9. The number of fused-ring (bicyclic) bond motifs is 1. The molecule has 7 unspecified atom stereocenters. The molecule has 0 radical (unpaired) electrons. The van der Waals surface area contributed by atoms with E-state index in [-0.39, 0.29) is 22.6 Å². The van der Waals surface area contributed by atoms with Gasteiger partial charge >= 0.3 is 5.97 Å². The minimum Gasteiger partial charge on any atom is -0.508 e. The summed E-state index contributed by atoms with van der Waals surface area (Å²) in [6.07, 6.45) is -7.22. The lowest BCUT2D eigenvalue weighted by Gasteiger charge is -2.46. The van der Waals surface area contributed by atoms with E-state index in [2.05, 4.69) is 9.98 Å². The van der Waals surface area contributed by atoms with Crippen LogP contribution in [0.15, 0.2) is 83.5 Å². The first-order chi connectivity index (χ1) is 24.7. The molecule has 2 aliphatic heterocycles. The van der Waals surface area contributed by atoms with Crippen molar-refractivity contribution < 1.29 is 59.9 Å². The number of carboxylic acid groups (broad SMARTS) is 1. The van der Waals surface area contributed by atoms with Gasteiger partial charge in [0.05, 0.1) is 12.5 Å². The molecule has 1 saturated heterocycles. The van der Waals surface area contributed by atoms with E-state index in [0.717, 1.165) is 23.6 Å². The summed E-state index contributed by atoms with van der Waals surface area (Å²) in [6.45, 7) is 1.13. The van der Waals surface area contributed by atoms with Gasteiger partial charge < -0.3 is 71.5 Å². The van der Waals surface area contributed by atoms with E-state index in [1.165, 1.54) is 12.1 Å². The van der Waals surface area contributed by atoms with Crippen molar-refractivity contribution in [2.75, 3.05) is 6.54 Å². The molecule has 16 heteroatoms. The van der Waals surface area contributed by atoms with E-state index in [0.29, 0.717) is 11.3 Å². The lowest BCUT2D eigenvalue weighted by atomic mass is 9.80. The summed E-state index contributed by atoms with van der Waals surface area (Å²) >= 11 is 0. The first kappa shape index (κ1) is 35.9. The number of ether oxygens (including phenoxy) is 3. The van der Waals surface area contributed by atoms with E-state index >= 15 is 0 Å². The van der Waals surface area contributed by atoms with Crippen molar-refractivity contribution in [3.63, 3.8) is 0 Å². The number of phenols is 3. The second kappa shape index (κ2) is 14.0. The molecule has 0 aliphatic carbocycles. The molecular formula is C36H38N4O12. The van der Waals surface area contributed by atoms with E-state index < -0.39 is 83.7 Å². The quantitative estimate of drug-likeness (QED) is 0.0634. The zero-order valence-corrected chi connectivity index (χ0v) is 27.6. The Bertz CT molecular complexity index is 2010. The fraction of sp³-hybridized carbons (Fsp3) is 0.278. The predicted octanol–water partition coefficient (Wildman–Crippen LogP) is 1.84. The van der Waals surface area contributed by atoms with Gasteiger partial charge in [-0.05, 0) is 41.3 Å². The standard InChI is InChI=1S/C36H38N4O12/c1-2-16-12-20(39-14-16)23(17-6-4-3-5-7-17)25-27(43)24-21(50-29(25)18-8-10-19(41)11-9-18)13-22(26(42)28(24)44)51-34-32(46)36(49,15-40-35(37)38)31(45)30(52-34)33(47)48/h3-14,23,29-32,34,39,41-46,49H,2,15H2,1H3,(H,47,48)(H4,37,38,40). The number of phenolic OH excluding ortho intramolecular Hbond substituents is 3. The molecule has 52 heavy (non-hydrogen) atoms. The zero-order valence-electron chi connectivity index (χ0n) is 27.6. The van der Waals surface area contributed by atoms with Gasteiger partial charge in [0, 0.05) is 23.5 Å². The number of hydrogen-bond donors (Lipinski definition) is 11. The first-order valence-corrected chi connectivity index (χ1v) is 16.1. The molecule has 0 amide bonds. The smallest absolute Gasteiger partial charge is 0.335 e. The number of rotatable bonds is 10. The van der Waals surface area contributed by atoms with Crippen LogP contribution in [-0.2, 0) is 16.0 Å². The average molecular weight is 719 g/mol. The number of carbonyl (C=O) groups is 1. The summed E-state index contributed by atoms with van der Waals surface area (Å²) < 4.78 is 17.4. The van der Waals surface area contributed by atoms with Crippen LogP contribution in [0.3, 0.4) is 0 Å². The molecule has 274 valence electrons. The molecular weight excluding hydrogens is 680 g/mol. The topological polar surface area (TPSA) is 287 Å². The Labute approximate surface area is 296 Å². The number of aromatic amines is 1. The number of aliphatic hydroxyl groups is 4.